The summed E-state index contributed by atoms with van der Waals surface area (Å²) >= 11 is 5.98. The van der Waals surface area contributed by atoms with Gasteiger partial charge in [0.2, 0.25) is 0 Å². The van der Waals surface area contributed by atoms with Crippen molar-refractivity contribution in [2.75, 3.05) is 36.4 Å². The van der Waals surface area contributed by atoms with E-state index in [-0.39, 0.29) is 22.2 Å². The van der Waals surface area contributed by atoms with Gasteiger partial charge in [0.25, 0.3) is 11.6 Å². The molecule has 10 heteroatoms. The Morgan fingerprint density at radius 2 is 1.97 bits per heavy atom. The number of nitrogens with zero attached hydrogens (tertiary/aromatic N) is 4. The molecule has 2 heterocycles. The molecule has 0 radical (unpaired) electrons. The van der Waals surface area contributed by atoms with Crippen molar-refractivity contribution < 1.29 is 9.72 Å². The Kier molecular flexibility index (Phi) is 6.82. The van der Waals surface area contributed by atoms with E-state index in [2.05, 4.69) is 25.5 Å². The summed E-state index contributed by atoms with van der Waals surface area (Å²) in [7, 11) is 0. The van der Waals surface area contributed by atoms with Gasteiger partial charge in [-0.15, -0.1) is 0 Å². The largest absolute Gasteiger partial charge is 0.368 e. The molecule has 3 rings (SSSR count). The maximum Gasteiger partial charge on any atom is 0.270 e. The highest BCUT2D eigenvalue weighted by molar-refractivity contribution is 6.34. The van der Waals surface area contributed by atoms with Crippen LogP contribution in [0.25, 0.3) is 0 Å². The minimum Gasteiger partial charge on any atom is -0.368 e. The van der Waals surface area contributed by atoms with Gasteiger partial charge < -0.3 is 15.5 Å². The summed E-state index contributed by atoms with van der Waals surface area (Å²) in [5.74, 6) is 1.93. The quantitative estimate of drug-likeness (QED) is 0.403. The molecule has 0 unspecified atom stereocenters. The van der Waals surface area contributed by atoms with E-state index in [0.29, 0.717) is 24.7 Å². The molecule has 1 aliphatic rings. The summed E-state index contributed by atoms with van der Waals surface area (Å²) in [6, 6.07) is 5.70. The zero-order chi connectivity index (χ0) is 20.8. The average molecular weight is 419 g/mol. The molecule has 1 fully saturated rings. The molecule has 1 aromatic carbocycles. The van der Waals surface area contributed by atoms with Crippen molar-refractivity contribution >= 4 is 34.8 Å². The fourth-order valence-corrected chi connectivity index (χ4v) is 3.45. The molecule has 1 amide bonds. The second-order valence-electron chi connectivity index (χ2n) is 6.81. The molecule has 1 aliphatic heterocycles. The van der Waals surface area contributed by atoms with Crippen LogP contribution in [0, 0.1) is 17.0 Å². The van der Waals surface area contributed by atoms with Crippen LogP contribution in [0.4, 0.5) is 17.3 Å². The van der Waals surface area contributed by atoms with Crippen LogP contribution in [-0.4, -0.2) is 47.0 Å². The van der Waals surface area contributed by atoms with Crippen molar-refractivity contribution in [2.45, 2.75) is 26.2 Å². The highest BCUT2D eigenvalue weighted by Crippen LogP contribution is 2.22. The lowest BCUT2D eigenvalue weighted by molar-refractivity contribution is -0.384. The fourth-order valence-electron chi connectivity index (χ4n) is 3.19. The number of aromatic nitrogens is 2. The standard InChI is InChI=1S/C19H23ClN6O3/c1-13-23-17(12-18(24-13)25-9-3-2-4-10-25)21-7-8-22-19(27)15-6-5-14(26(28)29)11-16(15)20/h5-6,11-12H,2-4,7-10H2,1H3,(H,22,27)(H,21,23,24). The molecule has 2 N–H and O–H groups in total. The summed E-state index contributed by atoms with van der Waals surface area (Å²) in [4.78, 5) is 33.6. The first-order chi connectivity index (χ1) is 13.9. The van der Waals surface area contributed by atoms with Crippen LogP contribution in [0.1, 0.15) is 35.4 Å². The topological polar surface area (TPSA) is 113 Å². The van der Waals surface area contributed by atoms with Crippen LogP contribution in [-0.2, 0) is 0 Å². The van der Waals surface area contributed by atoms with E-state index in [1.807, 2.05) is 13.0 Å². The van der Waals surface area contributed by atoms with Gasteiger partial charge >= 0.3 is 0 Å². The number of amides is 1. The van der Waals surface area contributed by atoms with Gasteiger partial charge in [-0.3, -0.25) is 14.9 Å². The third-order valence-corrected chi connectivity index (χ3v) is 4.94. The van der Waals surface area contributed by atoms with Crippen molar-refractivity contribution in [3.63, 3.8) is 0 Å². The maximum atomic E-state index is 12.2. The molecule has 1 saturated heterocycles. The first-order valence-electron chi connectivity index (χ1n) is 9.50. The molecule has 0 bridgehead atoms. The van der Waals surface area contributed by atoms with Crippen molar-refractivity contribution in [1.29, 1.82) is 0 Å². The van der Waals surface area contributed by atoms with Gasteiger partial charge in [-0.05, 0) is 32.3 Å². The molecular formula is C19H23ClN6O3. The Hall–Kier alpha value is -2.94. The van der Waals surface area contributed by atoms with Crippen LogP contribution in [0.2, 0.25) is 5.02 Å². The van der Waals surface area contributed by atoms with Gasteiger partial charge in [0.1, 0.15) is 17.5 Å². The predicted octanol–water partition coefficient (Wildman–Crippen LogP) is 3.18. The minimum atomic E-state index is -0.556. The fraction of sp³-hybridized carbons (Fsp3) is 0.421. The summed E-state index contributed by atoms with van der Waals surface area (Å²) in [6.07, 6.45) is 3.59. The number of hydrogen-bond acceptors (Lipinski definition) is 7. The van der Waals surface area contributed by atoms with Crippen LogP contribution >= 0.6 is 11.6 Å². The van der Waals surface area contributed by atoms with Gasteiger partial charge in [0, 0.05) is 44.4 Å². The number of nitro benzene ring substituents is 1. The number of non-ortho nitro benzene ring substituents is 1. The molecule has 2 aromatic rings. The molecule has 0 saturated carbocycles. The van der Waals surface area contributed by atoms with Crippen molar-refractivity contribution in [3.05, 3.63) is 50.8 Å². The number of halogens is 1. The normalized spacial score (nSPS) is 13.8. The van der Waals surface area contributed by atoms with E-state index in [1.54, 1.807) is 0 Å². The van der Waals surface area contributed by atoms with Crippen LogP contribution in [0.15, 0.2) is 24.3 Å². The molecule has 154 valence electrons. The smallest absolute Gasteiger partial charge is 0.270 e. The second-order valence-corrected chi connectivity index (χ2v) is 7.22. The Morgan fingerprint density at radius 3 is 2.66 bits per heavy atom. The lowest BCUT2D eigenvalue weighted by Crippen LogP contribution is -2.31. The number of hydrogen-bond donors (Lipinski definition) is 2. The first-order valence-corrected chi connectivity index (χ1v) is 9.88. The number of anilines is 2. The zero-order valence-corrected chi connectivity index (χ0v) is 16.9. The number of rotatable bonds is 7. The SMILES string of the molecule is Cc1nc(NCCNC(=O)c2ccc([N+](=O)[O-])cc2Cl)cc(N2CCCCC2)n1. The minimum absolute atomic E-state index is 0.0438. The molecule has 0 aliphatic carbocycles. The van der Waals surface area contributed by atoms with Crippen molar-refractivity contribution in [3.8, 4) is 0 Å². The molecule has 29 heavy (non-hydrogen) atoms. The Balaban J connectivity index is 1.53. The lowest BCUT2D eigenvalue weighted by atomic mass is 10.1. The van der Waals surface area contributed by atoms with E-state index in [4.69, 9.17) is 11.6 Å². The van der Waals surface area contributed by atoms with E-state index in [1.165, 1.54) is 37.5 Å². The summed E-state index contributed by atoms with van der Waals surface area (Å²) < 4.78 is 0. The molecule has 0 atom stereocenters. The Morgan fingerprint density at radius 1 is 1.21 bits per heavy atom. The average Bonchev–Trinajstić information content (AvgIpc) is 2.71. The maximum absolute atomic E-state index is 12.2. The van der Waals surface area contributed by atoms with Gasteiger partial charge in [0.05, 0.1) is 15.5 Å². The van der Waals surface area contributed by atoms with E-state index in [9.17, 15) is 14.9 Å². The Bertz CT molecular complexity index is 902. The number of piperidine rings is 1. The molecule has 9 nitrogen and oxygen atoms in total. The summed E-state index contributed by atoms with van der Waals surface area (Å²) in [6.45, 7) is 4.67. The number of benzene rings is 1. The highest BCUT2D eigenvalue weighted by atomic mass is 35.5. The van der Waals surface area contributed by atoms with E-state index < -0.39 is 4.92 Å². The van der Waals surface area contributed by atoms with Crippen LogP contribution < -0.4 is 15.5 Å². The number of aryl methyl sites for hydroxylation is 1. The van der Waals surface area contributed by atoms with Crippen LogP contribution in [0.3, 0.4) is 0 Å². The lowest BCUT2D eigenvalue weighted by Gasteiger charge is -2.28. The number of carbonyl (C=O) groups is 1. The molecular weight excluding hydrogens is 396 g/mol. The monoisotopic (exact) mass is 418 g/mol. The van der Waals surface area contributed by atoms with E-state index in [0.717, 1.165) is 18.9 Å². The molecule has 1 aromatic heterocycles. The van der Waals surface area contributed by atoms with E-state index >= 15 is 0 Å². The van der Waals surface area contributed by atoms with Crippen molar-refractivity contribution in [1.82, 2.24) is 15.3 Å². The number of carbonyl (C=O) groups excluding carboxylic acids is 1. The van der Waals surface area contributed by atoms with Gasteiger partial charge in [0.15, 0.2) is 0 Å². The second kappa shape index (κ2) is 9.51. The zero-order valence-electron chi connectivity index (χ0n) is 16.2. The number of nitrogens with one attached hydrogen (secondary N) is 2. The third-order valence-electron chi connectivity index (χ3n) is 4.63. The van der Waals surface area contributed by atoms with Gasteiger partial charge in [-0.2, -0.15) is 0 Å². The predicted molar refractivity (Wildman–Crippen MR) is 112 cm³/mol. The number of nitro groups is 1. The van der Waals surface area contributed by atoms with Crippen molar-refractivity contribution in [2.24, 2.45) is 0 Å². The highest BCUT2D eigenvalue weighted by Gasteiger charge is 2.15. The Labute approximate surface area is 173 Å². The summed E-state index contributed by atoms with van der Waals surface area (Å²) in [5.41, 5.74) is 0.0411. The summed E-state index contributed by atoms with van der Waals surface area (Å²) in [5, 5.41) is 16.7. The first kappa shape index (κ1) is 20.8. The molecule has 0 spiro atoms. The van der Waals surface area contributed by atoms with Crippen LogP contribution in [0.5, 0.6) is 0 Å². The van der Waals surface area contributed by atoms with Gasteiger partial charge in [-0.1, -0.05) is 11.6 Å². The third kappa shape index (κ3) is 5.54. The van der Waals surface area contributed by atoms with Gasteiger partial charge in [-0.25, -0.2) is 9.97 Å².